The molecule has 2 heterocycles. The average Bonchev–Trinajstić information content (AvgIpc) is 3.32. The Morgan fingerprint density at radius 3 is 2.80 bits per heavy atom. The van der Waals surface area contributed by atoms with Crippen molar-refractivity contribution in [2.45, 2.75) is 31.3 Å². The Balaban J connectivity index is 1.29. The summed E-state index contributed by atoms with van der Waals surface area (Å²) in [5, 5.41) is 15.6. The van der Waals surface area contributed by atoms with Gasteiger partial charge in [0.1, 0.15) is 11.6 Å². The number of rotatable bonds is 3. The zero-order valence-corrected chi connectivity index (χ0v) is 16.0. The van der Waals surface area contributed by atoms with Gasteiger partial charge >= 0.3 is 0 Å². The summed E-state index contributed by atoms with van der Waals surface area (Å²) in [5.41, 5.74) is 1.50. The lowest BCUT2D eigenvalue weighted by atomic mass is 9.79. The maximum Gasteiger partial charge on any atom is 0.249 e. The van der Waals surface area contributed by atoms with Crippen LogP contribution in [0.1, 0.15) is 42.5 Å². The quantitative estimate of drug-likeness (QED) is 0.656. The zero-order chi connectivity index (χ0) is 20.8. The third-order valence-corrected chi connectivity index (χ3v) is 5.88. The van der Waals surface area contributed by atoms with Crippen LogP contribution in [-0.2, 0) is 9.63 Å². The Bertz CT molecular complexity index is 1180. The summed E-state index contributed by atoms with van der Waals surface area (Å²) in [7, 11) is 0. The summed E-state index contributed by atoms with van der Waals surface area (Å²) in [6.07, 6.45) is 3.56. The summed E-state index contributed by atoms with van der Waals surface area (Å²) < 4.78 is 29.0. The molecule has 0 bridgehead atoms. The lowest BCUT2D eigenvalue weighted by molar-refractivity contribution is -0.185. The molecule has 152 valence electrons. The molecule has 30 heavy (non-hydrogen) atoms. The van der Waals surface area contributed by atoms with Crippen LogP contribution >= 0.6 is 0 Å². The Hall–Kier alpha value is -3.31. The summed E-state index contributed by atoms with van der Waals surface area (Å²) in [6, 6.07) is 10.2. The minimum atomic E-state index is -0.505. The van der Waals surface area contributed by atoms with Crippen molar-refractivity contribution in [1.82, 2.24) is 14.8 Å². The third-order valence-electron chi connectivity index (χ3n) is 5.88. The molecule has 6 nitrogen and oxygen atoms in total. The standard InChI is InChI=1S/C22H18F2N4O2/c23-17-1-2-20-16(8-17)12-27(26-20)19-9-15(10-19)22(29)28-21(3-4-30-28)14-5-13(11-25)6-18(24)7-14/h1-2,5-8,12,15,19,21H,3-4,9-10H2/t15?,19?,21-/m0/s1. The molecule has 1 atom stereocenters. The first-order valence-electron chi connectivity index (χ1n) is 9.83. The van der Waals surface area contributed by atoms with Crippen LogP contribution < -0.4 is 0 Å². The van der Waals surface area contributed by atoms with E-state index < -0.39 is 11.9 Å². The number of hydroxylamine groups is 2. The molecule has 2 aliphatic rings. The second kappa shape index (κ2) is 7.18. The Labute approximate surface area is 171 Å². The third kappa shape index (κ3) is 3.21. The molecular weight excluding hydrogens is 390 g/mol. The van der Waals surface area contributed by atoms with Gasteiger partial charge in [-0.15, -0.1) is 0 Å². The number of amides is 1. The van der Waals surface area contributed by atoms with Gasteiger partial charge in [-0.2, -0.15) is 10.4 Å². The molecule has 3 aromatic rings. The van der Waals surface area contributed by atoms with Crippen molar-refractivity contribution in [3.63, 3.8) is 0 Å². The highest BCUT2D eigenvalue weighted by atomic mass is 19.1. The van der Waals surface area contributed by atoms with Crippen molar-refractivity contribution >= 4 is 16.8 Å². The minimum absolute atomic E-state index is 0.0647. The van der Waals surface area contributed by atoms with Gasteiger partial charge in [-0.25, -0.2) is 13.8 Å². The molecule has 1 aromatic heterocycles. The molecule has 2 fully saturated rings. The van der Waals surface area contributed by atoms with E-state index in [2.05, 4.69) is 5.10 Å². The van der Waals surface area contributed by atoms with Gasteiger partial charge in [0.25, 0.3) is 0 Å². The summed E-state index contributed by atoms with van der Waals surface area (Å²) in [4.78, 5) is 18.6. The van der Waals surface area contributed by atoms with Gasteiger partial charge in [-0.1, -0.05) is 0 Å². The maximum absolute atomic E-state index is 13.9. The van der Waals surface area contributed by atoms with Crippen LogP contribution in [0.25, 0.3) is 10.9 Å². The van der Waals surface area contributed by atoms with E-state index in [0.717, 1.165) is 5.39 Å². The lowest BCUT2D eigenvalue weighted by Crippen LogP contribution is -2.41. The number of nitriles is 1. The summed E-state index contributed by atoms with van der Waals surface area (Å²) in [5.74, 6) is -1.17. The van der Waals surface area contributed by atoms with E-state index in [1.807, 2.05) is 6.07 Å². The minimum Gasteiger partial charge on any atom is -0.272 e. The van der Waals surface area contributed by atoms with Crippen LogP contribution in [0.15, 0.2) is 42.6 Å². The van der Waals surface area contributed by atoms with E-state index >= 15 is 0 Å². The van der Waals surface area contributed by atoms with Crippen LogP contribution in [0.2, 0.25) is 0 Å². The van der Waals surface area contributed by atoms with Crippen molar-refractivity contribution in [3.8, 4) is 6.07 Å². The highest BCUT2D eigenvalue weighted by molar-refractivity contribution is 5.80. The van der Waals surface area contributed by atoms with E-state index in [-0.39, 0.29) is 29.2 Å². The Morgan fingerprint density at radius 1 is 1.17 bits per heavy atom. The van der Waals surface area contributed by atoms with Crippen LogP contribution in [0.5, 0.6) is 0 Å². The van der Waals surface area contributed by atoms with Gasteiger partial charge < -0.3 is 0 Å². The second-order valence-electron chi connectivity index (χ2n) is 7.82. The van der Waals surface area contributed by atoms with E-state index in [4.69, 9.17) is 10.1 Å². The molecule has 1 aliphatic heterocycles. The van der Waals surface area contributed by atoms with Crippen LogP contribution in [0.3, 0.4) is 0 Å². The average molecular weight is 408 g/mol. The number of hydrogen-bond acceptors (Lipinski definition) is 4. The molecule has 5 rings (SSSR count). The molecule has 2 aromatic carbocycles. The molecule has 8 heteroatoms. The summed E-state index contributed by atoms with van der Waals surface area (Å²) in [6.45, 7) is 0.362. The van der Waals surface area contributed by atoms with Gasteiger partial charge in [0.2, 0.25) is 5.91 Å². The van der Waals surface area contributed by atoms with Crippen molar-refractivity contribution in [2.24, 2.45) is 5.92 Å². The van der Waals surface area contributed by atoms with Crippen molar-refractivity contribution < 1.29 is 18.4 Å². The first kappa shape index (κ1) is 18.7. The number of nitrogens with zero attached hydrogens (tertiary/aromatic N) is 4. The van der Waals surface area contributed by atoms with Gasteiger partial charge in [-0.3, -0.25) is 14.3 Å². The monoisotopic (exact) mass is 408 g/mol. The zero-order valence-electron chi connectivity index (χ0n) is 16.0. The number of benzene rings is 2. The molecule has 0 N–H and O–H groups in total. The number of carbonyl (C=O) groups excluding carboxylic acids is 1. The van der Waals surface area contributed by atoms with Gasteiger partial charge in [0.15, 0.2) is 0 Å². The first-order valence-corrected chi connectivity index (χ1v) is 9.83. The van der Waals surface area contributed by atoms with E-state index in [1.165, 1.54) is 29.3 Å². The molecule has 1 saturated carbocycles. The highest BCUT2D eigenvalue weighted by Gasteiger charge is 2.42. The van der Waals surface area contributed by atoms with Crippen LogP contribution in [0.4, 0.5) is 8.78 Å². The van der Waals surface area contributed by atoms with E-state index in [1.54, 1.807) is 23.0 Å². The molecular formula is C22H18F2N4O2. The van der Waals surface area contributed by atoms with Crippen molar-refractivity contribution in [1.29, 1.82) is 5.26 Å². The fourth-order valence-electron chi connectivity index (χ4n) is 4.25. The normalized spacial score (nSPS) is 23.4. The van der Waals surface area contributed by atoms with Gasteiger partial charge in [-0.05, 0) is 54.8 Å². The van der Waals surface area contributed by atoms with Crippen molar-refractivity contribution in [2.75, 3.05) is 6.61 Å². The first-order chi connectivity index (χ1) is 14.5. The number of aromatic nitrogens is 2. The molecule has 1 saturated heterocycles. The summed E-state index contributed by atoms with van der Waals surface area (Å²) >= 11 is 0. The molecule has 0 unspecified atom stereocenters. The van der Waals surface area contributed by atoms with Gasteiger partial charge in [0.05, 0.1) is 35.8 Å². The second-order valence-corrected chi connectivity index (χ2v) is 7.82. The highest BCUT2D eigenvalue weighted by Crippen LogP contribution is 2.42. The fourth-order valence-corrected chi connectivity index (χ4v) is 4.25. The lowest BCUT2D eigenvalue weighted by Gasteiger charge is -2.37. The molecule has 0 spiro atoms. The van der Waals surface area contributed by atoms with Gasteiger partial charge in [0, 0.05) is 23.9 Å². The fraction of sp³-hybridized carbons (Fsp3) is 0.318. The van der Waals surface area contributed by atoms with Crippen LogP contribution in [-0.4, -0.2) is 27.4 Å². The maximum atomic E-state index is 13.9. The largest absolute Gasteiger partial charge is 0.272 e. The van der Waals surface area contributed by atoms with E-state index in [9.17, 15) is 13.6 Å². The Kier molecular flexibility index (Phi) is 4.48. The molecule has 0 radical (unpaired) electrons. The number of fused-ring (bicyclic) bond motifs is 1. The van der Waals surface area contributed by atoms with Crippen molar-refractivity contribution in [3.05, 3.63) is 65.4 Å². The smallest absolute Gasteiger partial charge is 0.249 e. The van der Waals surface area contributed by atoms with Crippen LogP contribution in [0, 0.1) is 28.9 Å². The van der Waals surface area contributed by atoms with E-state index in [0.29, 0.717) is 36.9 Å². The SMILES string of the molecule is N#Cc1cc(F)cc([C@@H]2CCON2C(=O)C2CC(n3cc4cc(F)ccc4n3)C2)c1. The number of hydrogen-bond donors (Lipinski definition) is 0. The predicted molar refractivity (Wildman–Crippen MR) is 103 cm³/mol. The molecule has 1 amide bonds. The molecule has 1 aliphatic carbocycles. The number of halogens is 2. The topological polar surface area (TPSA) is 71.2 Å². The predicted octanol–water partition coefficient (Wildman–Crippen LogP) is 4.04. The Morgan fingerprint density at radius 2 is 2.00 bits per heavy atom. The number of carbonyl (C=O) groups is 1.